The summed E-state index contributed by atoms with van der Waals surface area (Å²) in [6.07, 6.45) is 2.21. The Morgan fingerprint density at radius 2 is 1.95 bits per heavy atom. The lowest BCUT2D eigenvalue weighted by Crippen LogP contribution is -2.35. The van der Waals surface area contributed by atoms with Crippen LogP contribution in [0.3, 0.4) is 0 Å². The first-order valence-corrected chi connectivity index (χ1v) is 7.67. The van der Waals surface area contributed by atoms with Crippen molar-refractivity contribution in [2.24, 2.45) is 0 Å². The van der Waals surface area contributed by atoms with E-state index in [4.69, 9.17) is 0 Å². The summed E-state index contributed by atoms with van der Waals surface area (Å²) < 4.78 is 13.2. The molecule has 0 unspecified atom stereocenters. The molecule has 22 heavy (non-hydrogen) atoms. The molecule has 1 heterocycles. The second-order valence-electron chi connectivity index (χ2n) is 5.21. The molecule has 2 aromatic rings. The predicted molar refractivity (Wildman–Crippen MR) is 84.0 cm³/mol. The molecule has 0 saturated carbocycles. The van der Waals surface area contributed by atoms with Gasteiger partial charge in [-0.3, -0.25) is 0 Å². The summed E-state index contributed by atoms with van der Waals surface area (Å²) in [5.74, 6) is -0.199. The number of rotatable bonds is 8. The van der Waals surface area contributed by atoms with Crippen LogP contribution in [-0.4, -0.2) is 41.2 Å². The average Bonchev–Trinajstić information content (AvgIpc) is 2.47. The van der Waals surface area contributed by atoms with Crippen LogP contribution >= 0.6 is 0 Å². The van der Waals surface area contributed by atoms with Crippen molar-refractivity contribution < 1.29 is 9.24 Å². The lowest BCUT2D eigenvalue weighted by atomic mass is 10.3. The molecule has 2 rings (SSSR count). The Balaban J connectivity index is 2.02. The van der Waals surface area contributed by atoms with Gasteiger partial charge in [-0.1, -0.05) is 13.8 Å². The first-order chi connectivity index (χ1) is 10.6. The Kier molecular flexibility index (Phi) is 5.83. The van der Waals surface area contributed by atoms with Crippen LogP contribution in [0.4, 0.5) is 10.3 Å². The van der Waals surface area contributed by atoms with Crippen molar-refractivity contribution in [3.63, 3.8) is 0 Å². The molecular formula is C15H22FN5O. The third-order valence-corrected chi connectivity index (χ3v) is 3.35. The van der Waals surface area contributed by atoms with Gasteiger partial charge in [0.05, 0.1) is 5.10 Å². The number of hydrogen-bond donors (Lipinski definition) is 1. The monoisotopic (exact) mass is 307 g/mol. The number of halogens is 1. The fourth-order valence-corrected chi connectivity index (χ4v) is 2.39. The molecule has 0 saturated heterocycles. The summed E-state index contributed by atoms with van der Waals surface area (Å²) in [5, 5.41) is 18.7. The van der Waals surface area contributed by atoms with Gasteiger partial charge in [-0.15, -0.1) is 0 Å². The summed E-state index contributed by atoms with van der Waals surface area (Å²) in [6.45, 7) is 7.88. The third kappa shape index (κ3) is 4.24. The molecule has 0 aliphatic carbocycles. The highest BCUT2D eigenvalue weighted by atomic mass is 19.1. The number of anilines is 1. The highest BCUT2D eigenvalue weighted by Gasteiger charge is 2.11. The molecule has 0 fully saturated rings. The van der Waals surface area contributed by atoms with Gasteiger partial charge >= 0.3 is 0 Å². The first kappa shape index (κ1) is 16.4. The zero-order valence-electron chi connectivity index (χ0n) is 13.0. The van der Waals surface area contributed by atoms with Crippen molar-refractivity contribution >= 4 is 17.0 Å². The van der Waals surface area contributed by atoms with Crippen molar-refractivity contribution in [2.75, 3.05) is 31.5 Å². The van der Waals surface area contributed by atoms with Crippen LogP contribution in [0.5, 0.6) is 0 Å². The summed E-state index contributed by atoms with van der Waals surface area (Å²) in [6, 6.07) is 3.84. The molecule has 0 spiro atoms. The van der Waals surface area contributed by atoms with E-state index in [-0.39, 0.29) is 11.5 Å². The zero-order valence-corrected chi connectivity index (χ0v) is 13.0. The summed E-state index contributed by atoms with van der Waals surface area (Å²) >= 11 is 0. The molecule has 0 radical (unpaired) electrons. The molecule has 0 atom stereocenters. The van der Waals surface area contributed by atoms with Gasteiger partial charge in [-0.05, 0) is 36.8 Å². The molecule has 6 nitrogen and oxygen atoms in total. The number of fused-ring (bicyclic) bond motifs is 1. The Bertz CT molecular complexity index is 616. The molecule has 7 heteroatoms. The number of hydrogen-bond acceptors (Lipinski definition) is 5. The lowest BCUT2D eigenvalue weighted by molar-refractivity contribution is -0.641. The van der Waals surface area contributed by atoms with E-state index in [2.05, 4.69) is 34.1 Å². The average molecular weight is 307 g/mol. The fraction of sp³-hybridized carbons (Fsp3) is 0.533. The van der Waals surface area contributed by atoms with Crippen molar-refractivity contribution in [1.29, 1.82) is 0 Å². The van der Waals surface area contributed by atoms with Crippen LogP contribution in [0.15, 0.2) is 18.2 Å². The topological polar surface area (TPSA) is 68.0 Å². The molecule has 1 aromatic heterocycles. The van der Waals surface area contributed by atoms with Gasteiger partial charge in [0.2, 0.25) is 0 Å². The number of nitrogens with zero attached hydrogens (tertiary/aromatic N) is 4. The van der Waals surface area contributed by atoms with Crippen molar-refractivity contribution in [3.05, 3.63) is 29.2 Å². The van der Waals surface area contributed by atoms with Gasteiger partial charge in [0, 0.05) is 25.2 Å². The maximum Gasteiger partial charge on any atom is 0.290 e. The van der Waals surface area contributed by atoms with Crippen molar-refractivity contribution in [2.45, 2.75) is 26.7 Å². The first-order valence-electron chi connectivity index (χ1n) is 7.67. The molecule has 120 valence electrons. The van der Waals surface area contributed by atoms with Gasteiger partial charge in [0.25, 0.3) is 11.5 Å². The van der Waals surface area contributed by atoms with E-state index in [1.54, 1.807) is 0 Å². The van der Waals surface area contributed by atoms with Crippen LogP contribution in [0, 0.1) is 11.0 Å². The Labute approximate surface area is 129 Å². The smallest absolute Gasteiger partial charge is 0.290 e. The minimum absolute atomic E-state index is 0.223. The standard InChI is InChI=1S/C15H22FN5O/c1-3-8-20(9-4-2)10-7-17-15-18-13-11-12(16)5-6-14(13)21(22)19-15/h5-6,11H,3-4,7-10H2,1-2H3,(H,17,18,19). The molecule has 1 N–H and O–H groups in total. The van der Waals surface area contributed by atoms with E-state index < -0.39 is 5.82 Å². The zero-order chi connectivity index (χ0) is 15.9. The minimum Gasteiger partial charge on any atom is -0.594 e. The highest BCUT2D eigenvalue weighted by Crippen LogP contribution is 2.10. The van der Waals surface area contributed by atoms with Crippen LogP contribution in [0.2, 0.25) is 0 Å². The molecule has 0 bridgehead atoms. The van der Waals surface area contributed by atoms with E-state index in [9.17, 15) is 9.60 Å². The van der Waals surface area contributed by atoms with Crippen LogP contribution in [0.1, 0.15) is 26.7 Å². The summed E-state index contributed by atoms with van der Waals surface area (Å²) in [7, 11) is 0. The van der Waals surface area contributed by atoms with Gasteiger partial charge in [0.15, 0.2) is 0 Å². The second kappa shape index (κ2) is 7.84. The number of benzene rings is 1. The van der Waals surface area contributed by atoms with Crippen LogP contribution in [-0.2, 0) is 0 Å². The van der Waals surface area contributed by atoms with E-state index in [0.29, 0.717) is 16.9 Å². The number of nitrogens with one attached hydrogen (secondary N) is 1. The third-order valence-electron chi connectivity index (χ3n) is 3.35. The summed E-state index contributed by atoms with van der Waals surface area (Å²) in [5.41, 5.74) is 0.553. The second-order valence-corrected chi connectivity index (χ2v) is 5.21. The van der Waals surface area contributed by atoms with Crippen molar-refractivity contribution in [1.82, 2.24) is 15.0 Å². The van der Waals surface area contributed by atoms with Gasteiger partial charge in [0.1, 0.15) is 11.3 Å². The van der Waals surface area contributed by atoms with E-state index in [1.807, 2.05) is 0 Å². The Hall–Kier alpha value is -2.02. The van der Waals surface area contributed by atoms with Crippen LogP contribution < -0.4 is 10.2 Å². The van der Waals surface area contributed by atoms with E-state index in [0.717, 1.165) is 32.5 Å². The van der Waals surface area contributed by atoms with E-state index >= 15 is 0 Å². The summed E-state index contributed by atoms with van der Waals surface area (Å²) in [4.78, 5) is 7.00. The molecule has 0 aliphatic rings. The largest absolute Gasteiger partial charge is 0.594 e. The normalized spacial score (nSPS) is 11.3. The lowest BCUT2D eigenvalue weighted by Gasteiger charge is -2.20. The maximum absolute atomic E-state index is 13.2. The quantitative estimate of drug-likeness (QED) is 0.596. The van der Waals surface area contributed by atoms with Gasteiger partial charge in [-0.25, -0.2) is 9.37 Å². The predicted octanol–water partition coefficient (Wildman–Crippen LogP) is 1.94. The fourth-order valence-electron chi connectivity index (χ4n) is 2.39. The molecular weight excluding hydrogens is 285 g/mol. The molecule has 1 aromatic carbocycles. The Morgan fingerprint density at radius 1 is 1.23 bits per heavy atom. The number of aromatic nitrogens is 3. The van der Waals surface area contributed by atoms with E-state index in [1.165, 1.54) is 18.2 Å². The maximum atomic E-state index is 13.2. The van der Waals surface area contributed by atoms with Crippen molar-refractivity contribution in [3.8, 4) is 0 Å². The van der Waals surface area contributed by atoms with Crippen LogP contribution in [0.25, 0.3) is 11.0 Å². The SMILES string of the molecule is CCCN(CCC)CCNc1nc2cc(F)ccc2[n+]([O-])n1. The highest BCUT2D eigenvalue weighted by molar-refractivity contribution is 5.71. The van der Waals surface area contributed by atoms with Gasteiger partial charge < -0.3 is 15.4 Å². The van der Waals surface area contributed by atoms with Gasteiger partial charge in [-0.2, -0.15) is 0 Å². The molecule has 0 aliphatic heterocycles. The minimum atomic E-state index is -0.422. The Morgan fingerprint density at radius 3 is 2.64 bits per heavy atom. The molecule has 0 amide bonds.